The topological polar surface area (TPSA) is 67.9 Å². The molecule has 1 saturated carbocycles. The van der Waals surface area contributed by atoms with Crippen LogP contribution in [0.1, 0.15) is 62.1 Å². The van der Waals surface area contributed by atoms with Gasteiger partial charge < -0.3 is 38.1 Å². The summed E-state index contributed by atoms with van der Waals surface area (Å²) in [5.74, 6) is 1.09. The van der Waals surface area contributed by atoms with Crippen LogP contribution in [0, 0.1) is 0 Å². The molecular weight excluding hydrogens is 534 g/mol. The number of hydrogen-bond donors (Lipinski definition) is 0. The van der Waals surface area contributed by atoms with Crippen LogP contribution in [0.25, 0.3) is 0 Å². The molecule has 0 radical (unpaired) electrons. The summed E-state index contributed by atoms with van der Waals surface area (Å²) in [5.41, 5.74) is 4.70. The van der Waals surface area contributed by atoms with Crippen LogP contribution in [-0.2, 0) is 41.6 Å². The fourth-order valence-electron chi connectivity index (χ4n) is 5.93. The van der Waals surface area contributed by atoms with E-state index in [4.69, 9.17) is 33.2 Å². The number of benzene rings is 2. The van der Waals surface area contributed by atoms with Gasteiger partial charge in [-0.2, -0.15) is 0 Å². The van der Waals surface area contributed by atoms with E-state index in [1.165, 1.54) is 5.56 Å². The maximum absolute atomic E-state index is 6.74. The van der Waals surface area contributed by atoms with Gasteiger partial charge in [0, 0.05) is 39.9 Å². The SMILES string of the molecule is CCO[C@H](C)CO[C@@H]1CCC[C@H](OCc2ccc3c(c2)N(CCCOC)CCO3)[C@H]1c1ccc(COCCOC)cc1. The van der Waals surface area contributed by atoms with Gasteiger partial charge >= 0.3 is 0 Å². The third kappa shape index (κ3) is 9.66. The summed E-state index contributed by atoms with van der Waals surface area (Å²) in [6.07, 6.45) is 4.27. The summed E-state index contributed by atoms with van der Waals surface area (Å²) in [6, 6.07) is 15.2. The second-order valence-corrected chi connectivity index (χ2v) is 11.2. The Labute approximate surface area is 252 Å². The van der Waals surface area contributed by atoms with Crippen LogP contribution in [0.4, 0.5) is 5.69 Å². The number of anilines is 1. The van der Waals surface area contributed by atoms with E-state index >= 15 is 0 Å². The molecule has 0 spiro atoms. The molecule has 0 aromatic heterocycles. The number of hydrogen-bond acceptors (Lipinski definition) is 8. The first-order chi connectivity index (χ1) is 20.6. The van der Waals surface area contributed by atoms with E-state index in [1.54, 1.807) is 14.2 Å². The number of nitrogens with zero attached hydrogens (tertiary/aromatic N) is 1. The van der Waals surface area contributed by atoms with E-state index in [0.717, 1.165) is 67.9 Å². The lowest BCUT2D eigenvalue weighted by Gasteiger charge is -2.39. The Bertz CT molecular complexity index is 1030. The van der Waals surface area contributed by atoms with Gasteiger partial charge in [0.05, 0.1) is 63.6 Å². The van der Waals surface area contributed by atoms with Crippen molar-refractivity contribution in [1.82, 2.24) is 0 Å². The molecule has 0 bridgehead atoms. The van der Waals surface area contributed by atoms with Crippen molar-refractivity contribution in [2.45, 2.75) is 77.0 Å². The first-order valence-electron chi connectivity index (χ1n) is 15.6. The van der Waals surface area contributed by atoms with Gasteiger partial charge in [0.1, 0.15) is 12.4 Å². The second kappa shape index (κ2) is 17.8. The third-order valence-electron chi connectivity index (χ3n) is 8.06. The van der Waals surface area contributed by atoms with E-state index in [0.29, 0.717) is 46.2 Å². The molecule has 42 heavy (non-hydrogen) atoms. The predicted octanol–water partition coefficient (Wildman–Crippen LogP) is 5.75. The molecule has 0 amide bonds. The molecular formula is C34H51NO7. The largest absolute Gasteiger partial charge is 0.490 e. The molecule has 8 heteroatoms. The van der Waals surface area contributed by atoms with E-state index in [1.807, 2.05) is 6.92 Å². The van der Waals surface area contributed by atoms with E-state index in [-0.39, 0.29) is 24.2 Å². The van der Waals surface area contributed by atoms with Gasteiger partial charge in [-0.05, 0) is 68.4 Å². The Hall–Kier alpha value is -2.20. The molecule has 2 aromatic carbocycles. The molecule has 4 atom stereocenters. The molecule has 0 N–H and O–H groups in total. The monoisotopic (exact) mass is 585 g/mol. The Balaban J connectivity index is 1.46. The number of fused-ring (bicyclic) bond motifs is 1. The summed E-state index contributed by atoms with van der Waals surface area (Å²) in [7, 11) is 3.44. The maximum Gasteiger partial charge on any atom is 0.142 e. The minimum Gasteiger partial charge on any atom is -0.490 e. The van der Waals surface area contributed by atoms with Gasteiger partial charge in [-0.15, -0.1) is 0 Å². The Morgan fingerprint density at radius 3 is 2.43 bits per heavy atom. The smallest absolute Gasteiger partial charge is 0.142 e. The van der Waals surface area contributed by atoms with Crippen molar-refractivity contribution in [3.8, 4) is 5.75 Å². The van der Waals surface area contributed by atoms with E-state index in [9.17, 15) is 0 Å². The van der Waals surface area contributed by atoms with Crippen LogP contribution in [0.5, 0.6) is 5.75 Å². The molecule has 0 saturated heterocycles. The third-order valence-corrected chi connectivity index (χ3v) is 8.06. The highest BCUT2D eigenvalue weighted by Crippen LogP contribution is 2.39. The quantitative estimate of drug-likeness (QED) is 0.205. The summed E-state index contributed by atoms with van der Waals surface area (Å²) in [6.45, 7) is 11.0. The average molecular weight is 586 g/mol. The number of rotatable bonds is 18. The normalized spacial score (nSPS) is 21.1. The van der Waals surface area contributed by atoms with Gasteiger partial charge in [0.15, 0.2) is 0 Å². The molecule has 2 aromatic rings. The maximum atomic E-state index is 6.74. The van der Waals surface area contributed by atoms with Crippen molar-refractivity contribution in [2.75, 3.05) is 71.9 Å². The van der Waals surface area contributed by atoms with Crippen LogP contribution < -0.4 is 9.64 Å². The van der Waals surface area contributed by atoms with E-state index in [2.05, 4.69) is 54.3 Å². The molecule has 1 heterocycles. The van der Waals surface area contributed by atoms with Gasteiger partial charge in [0.2, 0.25) is 0 Å². The first kappa shape index (κ1) is 32.7. The van der Waals surface area contributed by atoms with Crippen molar-refractivity contribution >= 4 is 5.69 Å². The second-order valence-electron chi connectivity index (χ2n) is 11.2. The molecule has 1 aliphatic carbocycles. The Kier molecular flexibility index (Phi) is 13.9. The number of methoxy groups -OCH3 is 2. The highest BCUT2D eigenvalue weighted by molar-refractivity contribution is 5.61. The highest BCUT2D eigenvalue weighted by Gasteiger charge is 2.36. The van der Waals surface area contributed by atoms with Crippen molar-refractivity contribution in [3.05, 3.63) is 59.2 Å². The zero-order valence-corrected chi connectivity index (χ0v) is 26.1. The molecule has 1 aliphatic heterocycles. The molecule has 8 nitrogen and oxygen atoms in total. The van der Waals surface area contributed by atoms with Crippen LogP contribution in [0.2, 0.25) is 0 Å². The molecule has 1 fully saturated rings. The van der Waals surface area contributed by atoms with Crippen LogP contribution >= 0.6 is 0 Å². The van der Waals surface area contributed by atoms with Crippen LogP contribution in [0.15, 0.2) is 42.5 Å². The highest BCUT2D eigenvalue weighted by atomic mass is 16.5. The fourth-order valence-corrected chi connectivity index (χ4v) is 5.93. The lowest BCUT2D eigenvalue weighted by molar-refractivity contribution is -0.0918. The van der Waals surface area contributed by atoms with Gasteiger partial charge in [0.25, 0.3) is 0 Å². The zero-order chi connectivity index (χ0) is 29.6. The molecule has 234 valence electrons. The Morgan fingerprint density at radius 1 is 0.905 bits per heavy atom. The summed E-state index contributed by atoms with van der Waals surface area (Å²) >= 11 is 0. The molecule has 0 unspecified atom stereocenters. The molecule has 4 rings (SSSR count). The standard InChI is InChI=1S/C34H51NO7/c1-5-39-26(2)23-41-32-8-6-9-33(34(32)29-13-10-27(11-14-29)24-38-21-20-37-4)42-25-28-12-15-31-30(22-28)35(17-19-40-31)16-7-18-36-3/h10-15,22,26,32-34H,5-9,16-21,23-25H2,1-4H3/t26-,32-,33+,34+/m1/s1. The minimum atomic E-state index is 0.0556. The predicted molar refractivity (Wildman–Crippen MR) is 165 cm³/mol. The lowest BCUT2D eigenvalue weighted by Crippen LogP contribution is -2.39. The number of ether oxygens (including phenoxy) is 7. The van der Waals surface area contributed by atoms with Gasteiger partial charge in [-0.3, -0.25) is 0 Å². The van der Waals surface area contributed by atoms with Gasteiger partial charge in [-0.25, -0.2) is 0 Å². The summed E-state index contributed by atoms with van der Waals surface area (Å²) < 4.78 is 41.1. The van der Waals surface area contributed by atoms with Crippen LogP contribution in [-0.4, -0.2) is 85.3 Å². The lowest BCUT2D eigenvalue weighted by atomic mass is 9.79. The zero-order valence-electron chi connectivity index (χ0n) is 26.1. The Morgan fingerprint density at radius 2 is 1.67 bits per heavy atom. The van der Waals surface area contributed by atoms with Crippen molar-refractivity contribution in [1.29, 1.82) is 0 Å². The first-order valence-corrected chi connectivity index (χ1v) is 15.6. The van der Waals surface area contributed by atoms with Crippen LogP contribution in [0.3, 0.4) is 0 Å². The average Bonchev–Trinajstić information content (AvgIpc) is 3.02. The van der Waals surface area contributed by atoms with Gasteiger partial charge in [-0.1, -0.05) is 30.3 Å². The summed E-state index contributed by atoms with van der Waals surface area (Å²) in [5, 5.41) is 0. The summed E-state index contributed by atoms with van der Waals surface area (Å²) in [4.78, 5) is 2.40. The fraction of sp³-hybridized carbons (Fsp3) is 0.647. The van der Waals surface area contributed by atoms with Crippen molar-refractivity contribution in [2.24, 2.45) is 0 Å². The van der Waals surface area contributed by atoms with Crippen molar-refractivity contribution < 1.29 is 33.2 Å². The van der Waals surface area contributed by atoms with E-state index < -0.39 is 0 Å². The molecule has 2 aliphatic rings. The minimum absolute atomic E-state index is 0.0556. The van der Waals surface area contributed by atoms with Crippen molar-refractivity contribution in [3.63, 3.8) is 0 Å².